The van der Waals surface area contributed by atoms with Crippen LogP contribution in [0.15, 0.2) is 16.8 Å². The Kier molecular flexibility index (Phi) is 8.31. The number of aliphatic imine (C=N–C) groups is 1. The third-order valence-electron chi connectivity index (χ3n) is 5.58. The van der Waals surface area contributed by atoms with E-state index < -0.39 is 5.41 Å². The number of carbonyl (C=O) groups is 1. The van der Waals surface area contributed by atoms with Crippen molar-refractivity contribution in [3.63, 3.8) is 0 Å². The summed E-state index contributed by atoms with van der Waals surface area (Å²) in [6.07, 6.45) is 5.20. The summed E-state index contributed by atoms with van der Waals surface area (Å²) in [7, 11) is 0. The number of aliphatic hydroxyl groups is 1. The van der Waals surface area contributed by atoms with Crippen molar-refractivity contribution in [3.05, 3.63) is 11.8 Å². The maximum atomic E-state index is 12.4. The number of piperazine rings is 1. The average Bonchev–Trinajstić information content (AvgIpc) is 2.62. The molecule has 7 heteroatoms. The zero-order valence-electron chi connectivity index (χ0n) is 18.2. The predicted octanol–water partition coefficient (Wildman–Crippen LogP) is 2.69. The monoisotopic (exact) mass is 393 g/mol. The third kappa shape index (κ3) is 7.09. The normalized spacial score (nSPS) is 23.9. The molecule has 0 aromatic rings. The highest BCUT2D eigenvalue weighted by molar-refractivity contribution is 5.99. The van der Waals surface area contributed by atoms with E-state index in [4.69, 9.17) is 5.73 Å². The Morgan fingerprint density at radius 3 is 2.46 bits per heavy atom. The molecule has 0 unspecified atom stereocenters. The standard InChI is InChI=1S/C21H39N5O2/c1-5-8-24-9-6-7-17(15-24)16-25-10-12-26(13-11-25)20(28)23-19(22)14-18(27)21(2,3)4/h14,17,27H,5-13,15-16H2,1-4H3,(H2,22,23,28)/b18-14-/t17-/m1/s1. The van der Waals surface area contributed by atoms with Gasteiger partial charge in [0.2, 0.25) is 0 Å². The molecule has 2 heterocycles. The number of urea groups is 1. The molecule has 2 fully saturated rings. The summed E-state index contributed by atoms with van der Waals surface area (Å²) in [6, 6.07) is -0.318. The number of amidine groups is 1. The number of amides is 2. The molecule has 2 amide bonds. The van der Waals surface area contributed by atoms with E-state index in [2.05, 4.69) is 21.7 Å². The van der Waals surface area contributed by atoms with Gasteiger partial charge in [-0.05, 0) is 38.3 Å². The van der Waals surface area contributed by atoms with Crippen LogP contribution >= 0.6 is 0 Å². The summed E-state index contributed by atoms with van der Waals surface area (Å²) in [5.41, 5.74) is 5.40. The summed E-state index contributed by atoms with van der Waals surface area (Å²) in [5.74, 6) is 0.913. The number of carbonyl (C=O) groups excluding carboxylic acids is 1. The molecule has 7 nitrogen and oxygen atoms in total. The van der Waals surface area contributed by atoms with Crippen LogP contribution < -0.4 is 5.73 Å². The van der Waals surface area contributed by atoms with E-state index >= 15 is 0 Å². The van der Waals surface area contributed by atoms with Crippen molar-refractivity contribution in [3.8, 4) is 0 Å². The molecule has 160 valence electrons. The van der Waals surface area contributed by atoms with Crippen LogP contribution in [0, 0.1) is 11.3 Å². The fourth-order valence-electron chi connectivity index (χ4n) is 3.88. The lowest BCUT2D eigenvalue weighted by atomic mass is 9.93. The Morgan fingerprint density at radius 1 is 1.18 bits per heavy atom. The molecule has 0 aliphatic carbocycles. The number of hydrogen-bond donors (Lipinski definition) is 2. The van der Waals surface area contributed by atoms with Gasteiger partial charge in [0.1, 0.15) is 11.6 Å². The maximum Gasteiger partial charge on any atom is 0.345 e. The topological polar surface area (TPSA) is 85.4 Å². The van der Waals surface area contributed by atoms with Gasteiger partial charge in [-0.3, -0.25) is 4.90 Å². The second-order valence-electron chi connectivity index (χ2n) is 9.20. The van der Waals surface area contributed by atoms with Crippen LogP contribution in [0.1, 0.15) is 47.0 Å². The van der Waals surface area contributed by atoms with Gasteiger partial charge in [0, 0.05) is 50.8 Å². The van der Waals surface area contributed by atoms with Crippen LogP contribution in [0.2, 0.25) is 0 Å². The first-order valence-electron chi connectivity index (χ1n) is 10.7. The number of nitrogens with zero attached hydrogens (tertiary/aromatic N) is 4. The first-order valence-corrected chi connectivity index (χ1v) is 10.7. The van der Waals surface area contributed by atoms with Crippen LogP contribution in [0.4, 0.5) is 4.79 Å². The molecule has 0 radical (unpaired) electrons. The lowest BCUT2D eigenvalue weighted by Crippen LogP contribution is -2.50. The Labute approximate surface area is 170 Å². The highest BCUT2D eigenvalue weighted by atomic mass is 16.3. The minimum Gasteiger partial charge on any atom is -0.512 e. The van der Waals surface area contributed by atoms with Gasteiger partial charge in [-0.25, -0.2) is 4.79 Å². The number of nitrogens with two attached hydrogens (primary N) is 1. The van der Waals surface area contributed by atoms with Gasteiger partial charge in [0.15, 0.2) is 0 Å². The van der Waals surface area contributed by atoms with E-state index in [1.165, 1.54) is 45.0 Å². The van der Waals surface area contributed by atoms with Crippen molar-refractivity contribution >= 4 is 11.9 Å². The Balaban J connectivity index is 1.80. The molecule has 0 aromatic carbocycles. The lowest BCUT2D eigenvalue weighted by molar-refractivity contribution is 0.100. The second kappa shape index (κ2) is 10.3. The van der Waals surface area contributed by atoms with Gasteiger partial charge < -0.3 is 20.6 Å². The number of hydrogen-bond acceptors (Lipinski definition) is 4. The molecule has 28 heavy (non-hydrogen) atoms. The van der Waals surface area contributed by atoms with Crippen LogP contribution in [0.3, 0.4) is 0 Å². The molecule has 0 saturated carbocycles. The SMILES string of the molecule is CCCN1CCC[C@@H](CN2CCN(C(=O)/N=C(N)\C=C(/O)C(C)(C)C)CC2)C1. The number of allylic oxidation sites excluding steroid dienone is 1. The first-order chi connectivity index (χ1) is 13.2. The maximum absolute atomic E-state index is 12.4. The number of rotatable bonds is 5. The van der Waals surface area contributed by atoms with E-state index in [1.807, 2.05) is 20.8 Å². The number of piperidine rings is 1. The largest absolute Gasteiger partial charge is 0.512 e. The summed E-state index contributed by atoms with van der Waals surface area (Å²) >= 11 is 0. The molecule has 0 spiro atoms. The van der Waals surface area contributed by atoms with Crippen LogP contribution in [0.5, 0.6) is 0 Å². The summed E-state index contributed by atoms with van der Waals surface area (Å²) in [4.78, 5) is 23.1. The predicted molar refractivity (Wildman–Crippen MR) is 115 cm³/mol. The van der Waals surface area contributed by atoms with Crippen LogP contribution in [-0.2, 0) is 0 Å². The van der Waals surface area contributed by atoms with Crippen molar-refractivity contribution in [1.29, 1.82) is 0 Å². The van der Waals surface area contributed by atoms with Crippen molar-refractivity contribution < 1.29 is 9.90 Å². The van der Waals surface area contributed by atoms with Crippen molar-refractivity contribution in [2.75, 3.05) is 52.4 Å². The minimum atomic E-state index is -0.416. The smallest absolute Gasteiger partial charge is 0.345 e. The molecule has 2 rings (SSSR count). The van der Waals surface area contributed by atoms with Gasteiger partial charge in [0.25, 0.3) is 0 Å². The molecular weight excluding hydrogens is 354 g/mol. The van der Waals surface area contributed by atoms with E-state index in [9.17, 15) is 9.90 Å². The second-order valence-corrected chi connectivity index (χ2v) is 9.20. The van der Waals surface area contributed by atoms with Crippen molar-refractivity contribution in [1.82, 2.24) is 14.7 Å². The third-order valence-corrected chi connectivity index (χ3v) is 5.58. The molecule has 1 atom stereocenters. The zero-order valence-corrected chi connectivity index (χ0v) is 18.2. The molecule has 3 N–H and O–H groups in total. The number of aliphatic hydroxyl groups excluding tert-OH is 1. The van der Waals surface area contributed by atoms with E-state index in [0.29, 0.717) is 13.1 Å². The lowest BCUT2D eigenvalue weighted by Gasteiger charge is -2.39. The van der Waals surface area contributed by atoms with Gasteiger partial charge in [-0.2, -0.15) is 4.99 Å². The highest BCUT2D eigenvalue weighted by Gasteiger charge is 2.25. The van der Waals surface area contributed by atoms with Gasteiger partial charge in [0.05, 0.1) is 0 Å². The van der Waals surface area contributed by atoms with E-state index in [1.54, 1.807) is 4.90 Å². The first kappa shape index (κ1) is 22.7. The summed E-state index contributed by atoms with van der Waals surface area (Å²) in [5, 5.41) is 9.99. The van der Waals surface area contributed by atoms with Crippen molar-refractivity contribution in [2.24, 2.45) is 22.1 Å². The Bertz CT molecular complexity index is 572. The quantitative estimate of drug-likeness (QED) is 0.426. The average molecular weight is 394 g/mol. The van der Waals surface area contributed by atoms with Crippen molar-refractivity contribution in [2.45, 2.75) is 47.0 Å². The minimum absolute atomic E-state index is 0.0538. The van der Waals surface area contributed by atoms with Gasteiger partial charge in [-0.1, -0.05) is 27.7 Å². The van der Waals surface area contributed by atoms with Crippen LogP contribution in [-0.4, -0.2) is 84.0 Å². The molecule has 2 saturated heterocycles. The molecule has 2 aliphatic rings. The number of likely N-dealkylation sites (tertiary alicyclic amines) is 1. The molecule has 2 aliphatic heterocycles. The van der Waals surface area contributed by atoms with Gasteiger partial charge in [-0.15, -0.1) is 0 Å². The summed E-state index contributed by atoms with van der Waals surface area (Å²) in [6.45, 7) is 15.8. The molecule has 0 aromatic heterocycles. The Hall–Kier alpha value is -1.60. The Morgan fingerprint density at radius 2 is 1.86 bits per heavy atom. The highest BCUT2D eigenvalue weighted by Crippen LogP contribution is 2.22. The van der Waals surface area contributed by atoms with E-state index in [0.717, 1.165) is 25.6 Å². The van der Waals surface area contributed by atoms with Gasteiger partial charge >= 0.3 is 6.03 Å². The van der Waals surface area contributed by atoms with Crippen LogP contribution in [0.25, 0.3) is 0 Å². The molecule has 0 bridgehead atoms. The fraction of sp³-hybridized carbons (Fsp3) is 0.810. The molecular formula is C21H39N5O2. The van der Waals surface area contributed by atoms with E-state index in [-0.39, 0.29) is 17.6 Å². The zero-order chi connectivity index (χ0) is 20.7. The summed E-state index contributed by atoms with van der Waals surface area (Å²) < 4.78 is 0. The fourth-order valence-corrected chi connectivity index (χ4v) is 3.88.